The number of rotatable bonds is 3. The van der Waals surface area contributed by atoms with E-state index in [2.05, 4.69) is 23.9 Å². The molecule has 0 radical (unpaired) electrons. The molecule has 0 bridgehead atoms. The number of anilines is 1. The molecular formula is C13H20ClN3. The largest absolute Gasteiger partial charge is 0.399 e. The number of benzene rings is 1. The maximum absolute atomic E-state index is 6.01. The molecule has 1 unspecified atom stereocenters. The molecule has 1 heterocycles. The molecule has 2 N–H and O–H groups in total. The molecule has 1 aromatic carbocycles. The zero-order valence-electron chi connectivity index (χ0n) is 10.5. The van der Waals surface area contributed by atoms with Crippen LogP contribution in [-0.4, -0.2) is 43.0 Å². The summed E-state index contributed by atoms with van der Waals surface area (Å²) in [5, 5.41) is 0.725. The van der Waals surface area contributed by atoms with Gasteiger partial charge >= 0.3 is 0 Å². The van der Waals surface area contributed by atoms with Gasteiger partial charge in [0.1, 0.15) is 0 Å². The van der Waals surface area contributed by atoms with Gasteiger partial charge in [-0.15, -0.1) is 0 Å². The van der Waals surface area contributed by atoms with Crippen LogP contribution in [0.3, 0.4) is 0 Å². The number of hydrogen-bond acceptors (Lipinski definition) is 3. The topological polar surface area (TPSA) is 32.5 Å². The quantitative estimate of drug-likeness (QED) is 0.837. The number of nitrogen functional groups attached to an aromatic ring is 1. The van der Waals surface area contributed by atoms with Gasteiger partial charge in [-0.1, -0.05) is 11.6 Å². The van der Waals surface area contributed by atoms with Gasteiger partial charge in [-0.3, -0.25) is 4.90 Å². The minimum Gasteiger partial charge on any atom is -0.399 e. The van der Waals surface area contributed by atoms with Gasteiger partial charge < -0.3 is 10.6 Å². The van der Waals surface area contributed by atoms with Crippen molar-refractivity contribution in [3.8, 4) is 0 Å². The Morgan fingerprint density at radius 3 is 2.76 bits per heavy atom. The Bertz CT molecular complexity index is 372. The first kappa shape index (κ1) is 12.7. The predicted molar refractivity (Wildman–Crippen MR) is 73.2 cm³/mol. The van der Waals surface area contributed by atoms with Crippen molar-refractivity contribution >= 4 is 17.3 Å². The molecule has 4 heteroatoms. The highest BCUT2D eigenvalue weighted by Crippen LogP contribution is 2.20. The van der Waals surface area contributed by atoms with Crippen LogP contribution in [0.4, 0.5) is 5.69 Å². The molecule has 17 heavy (non-hydrogen) atoms. The van der Waals surface area contributed by atoms with Gasteiger partial charge in [-0.05, 0) is 44.3 Å². The van der Waals surface area contributed by atoms with E-state index >= 15 is 0 Å². The summed E-state index contributed by atoms with van der Waals surface area (Å²) in [4.78, 5) is 4.75. The van der Waals surface area contributed by atoms with E-state index in [1.807, 2.05) is 12.1 Å². The monoisotopic (exact) mass is 253 g/mol. The van der Waals surface area contributed by atoms with E-state index < -0.39 is 0 Å². The Balaban J connectivity index is 1.98. The smallest absolute Gasteiger partial charge is 0.0429 e. The SMILES string of the molecule is CN(C)C1CCN(Cc2cc(N)cc(Cl)c2)C1. The van der Waals surface area contributed by atoms with Crippen molar-refractivity contribution in [2.75, 3.05) is 32.9 Å². The van der Waals surface area contributed by atoms with Crippen molar-refractivity contribution in [1.29, 1.82) is 0 Å². The summed E-state index contributed by atoms with van der Waals surface area (Å²) in [5.41, 5.74) is 7.75. The van der Waals surface area contributed by atoms with E-state index in [-0.39, 0.29) is 0 Å². The molecule has 1 atom stereocenters. The lowest BCUT2D eigenvalue weighted by molar-refractivity contribution is 0.265. The molecule has 1 aromatic rings. The standard InChI is InChI=1S/C13H20ClN3/c1-16(2)13-3-4-17(9-13)8-10-5-11(14)7-12(15)6-10/h5-7,13H,3-4,8-9,15H2,1-2H3. The Labute approximate surface area is 108 Å². The average molecular weight is 254 g/mol. The van der Waals surface area contributed by atoms with Crippen LogP contribution in [0, 0.1) is 0 Å². The second kappa shape index (κ2) is 5.25. The number of hydrogen-bond donors (Lipinski definition) is 1. The zero-order chi connectivity index (χ0) is 12.4. The molecule has 1 aliphatic rings. The summed E-state index contributed by atoms with van der Waals surface area (Å²) in [7, 11) is 4.29. The predicted octanol–water partition coefficient (Wildman–Crippen LogP) is 2.06. The molecule has 2 rings (SSSR count). The first-order valence-electron chi connectivity index (χ1n) is 5.98. The number of nitrogens with zero attached hydrogens (tertiary/aromatic N) is 2. The van der Waals surface area contributed by atoms with Crippen LogP contribution in [0.15, 0.2) is 18.2 Å². The first-order valence-corrected chi connectivity index (χ1v) is 6.36. The Hall–Kier alpha value is -0.770. The van der Waals surface area contributed by atoms with Crippen molar-refractivity contribution < 1.29 is 0 Å². The molecule has 0 aliphatic carbocycles. The van der Waals surface area contributed by atoms with E-state index in [1.54, 1.807) is 6.07 Å². The summed E-state index contributed by atoms with van der Waals surface area (Å²) in [5.74, 6) is 0. The summed E-state index contributed by atoms with van der Waals surface area (Å²) in [6, 6.07) is 6.47. The highest BCUT2D eigenvalue weighted by atomic mass is 35.5. The molecule has 1 fully saturated rings. The minimum atomic E-state index is 0.673. The maximum Gasteiger partial charge on any atom is 0.0429 e. The summed E-state index contributed by atoms with van der Waals surface area (Å²) < 4.78 is 0. The average Bonchev–Trinajstić information content (AvgIpc) is 2.64. The summed E-state index contributed by atoms with van der Waals surface area (Å²) >= 11 is 6.01. The van der Waals surface area contributed by atoms with Crippen LogP contribution in [0.25, 0.3) is 0 Å². The molecule has 3 nitrogen and oxygen atoms in total. The minimum absolute atomic E-state index is 0.673. The normalized spacial score (nSPS) is 21.3. The second-order valence-corrected chi connectivity index (χ2v) is 5.47. The van der Waals surface area contributed by atoms with Gasteiger partial charge in [0, 0.05) is 36.4 Å². The van der Waals surface area contributed by atoms with Crippen molar-refractivity contribution in [3.05, 3.63) is 28.8 Å². The van der Waals surface area contributed by atoms with Crippen LogP contribution in [0.2, 0.25) is 5.02 Å². The zero-order valence-corrected chi connectivity index (χ0v) is 11.2. The maximum atomic E-state index is 6.01. The molecule has 0 saturated carbocycles. The van der Waals surface area contributed by atoms with Gasteiger partial charge in [-0.2, -0.15) is 0 Å². The van der Waals surface area contributed by atoms with E-state index in [9.17, 15) is 0 Å². The van der Waals surface area contributed by atoms with E-state index in [4.69, 9.17) is 17.3 Å². The fourth-order valence-corrected chi connectivity index (χ4v) is 2.67. The van der Waals surface area contributed by atoms with Gasteiger partial charge in [0.05, 0.1) is 0 Å². The van der Waals surface area contributed by atoms with Gasteiger partial charge in [0.2, 0.25) is 0 Å². The highest BCUT2D eigenvalue weighted by Gasteiger charge is 2.23. The molecule has 94 valence electrons. The molecule has 0 aromatic heterocycles. The highest BCUT2D eigenvalue weighted by molar-refractivity contribution is 6.30. The Morgan fingerprint density at radius 2 is 2.18 bits per heavy atom. The first-order chi connectivity index (χ1) is 8.04. The molecule has 1 aliphatic heterocycles. The van der Waals surface area contributed by atoms with Crippen molar-refractivity contribution in [1.82, 2.24) is 9.80 Å². The molecule has 0 amide bonds. The second-order valence-electron chi connectivity index (χ2n) is 5.03. The fraction of sp³-hybridized carbons (Fsp3) is 0.538. The third-order valence-electron chi connectivity index (χ3n) is 3.36. The number of halogens is 1. The third kappa shape index (κ3) is 3.35. The Kier molecular flexibility index (Phi) is 3.92. The fourth-order valence-electron chi connectivity index (χ4n) is 2.40. The van der Waals surface area contributed by atoms with E-state index in [0.29, 0.717) is 6.04 Å². The summed E-state index contributed by atoms with van der Waals surface area (Å²) in [6.07, 6.45) is 1.24. The lowest BCUT2D eigenvalue weighted by Crippen LogP contribution is -2.31. The lowest BCUT2D eigenvalue weighted by atomic mass is 10.2. The van der Waals surface area contributed by atoms with E-state index in [0.717, 1.165) is 30.3 Å². The van der Waals surface area contributed by atoms with Crippen LogP contribution in [0.5, 0.6) is 0 Å². The van der Waals surface area contributed by atoms with Crippen molar-refractivity contribution in [2.45, 2.75) is 19.0 Å². The van der Waals surface area contributed by atoms with Crippen molar-refractivity contribution in [3.63, 3.8) is 0 Å². The van der Waals surface area contributed by atoms with Crippen molar-refractivity contribution in [2.24, 2.45) is 0 Å². The van der Waals surface area contributed by atoms with Crippen LogP contribution in [-0.2, 0) is 6.54 Å². The third-order valence-corrected chi connectivity index (χ3v) is 3.58. The van der Waals surface area contributed by atoms with Gasteiger partial charge in [0.25, 0.3) is 0 Å². The van der Waals surface area contributed by atoms with Crippen LogP contribution < -0.4 is 5.73 Å². The Morgan fingerprint density at radius 1 is 1.41 bits per heavy atom. The van der Waals surface area contributed by atoms with Crippen LogP contribution in [0.1, 0.15) is 12.0 Å². The number of nitrogens with two attached hydrogens (primary N) is 1. The molecular weight excluding hydrogens is 234 g/mol. The summed E-state index contributed by atoms with van der Waals surface area (Å²) in [6.45, 7) is 3.21. The van der Waals surface area contributed by atoms with Crippen LogP contribution >= 0.6 is 11.6 Å². The number of likely N-dealkylation sites (tertiary alicyclic amines) is 1. The van der Waals surface area contributed by atoms with Gasteiger partial charge in [0.15, 0.2) is 0 Å². The van der Waals surface area contributed by atoms with Gasteiger partial charge in [-0.25, -0.2) is 0 Å². The molecule has 1 saturated heterocycles. The molecule has 0 spiro atoms. The lowest BCUT2D eigenvalue weighted by Gasteiger charge is -2.20. The van der Waals surface area contributed by atoms with E-state index in [1.165, 1.54) is 12.0 Å². The number of likely N-dealkylation sites (N-methyl/N-ethyl adjacent to an activating group) is 1.